The average Bonchev–Trinajstić information content (AvgIpc) is 3.39. The minimum absolute atomic E-state index is 0.852. The highest BCUT2D eigenvalue weighted by Gasteiger charge is 2.08. The first-order chi connectivity index (χ1) is 13.8. The molecule has 0 aliphatic heterocycles. The Labute approximate surface area is 178 Å². The molecule has 3 heterocycles. The van der Waals surface area contributed by atoms with Crippen molar-refractivity contribution in [1.82, 2.24) is 9.97 Å². The number of thiophene rings is 2. The molecule has 3 aromatic heterocycles. The van der Waals surface area contributed by atoms with Gasteiger partial charge < -0.3 is 0 Å². The third-order valence-electron chi connectivity index (χ3n) is 5.03. The van der Waals surface area contributed by atoms with Gasteiger partial charge in [-0.3, -0.25) is 0 Å². The van der Waals surface area contributed by atoms with Crippen molar-refractivity contribution in [1.29, 1.82) is 0 Å². The van der Waals surface area contributed by atoms with Crippen molar-refractivity contribution in [2.45, 2.75) is 78.1 Å². The monoisotopic (exact) mass is 412 g/mol. The summed E-state index contributed by atoms with van der Waals surface area (Å²) in [5.41, 5.74) is 1.13. The summed E-state index contributed by atoms with van der Waals surface area (Å²) in [6.07, 6.45) is 16.9. The van der Waals surface area contributed by atoms with Crippen LogP contribution in [0.4, 0.5) is 0 Å². The number of aromatic nitrogens is 2. The topological polar surface area (TPSA) is 25.8 Å². The first-order valence-corrected chi connectivity index (χ1v) is 12.4. The van der Waals surface area contributed by atoms with Crippen LogP contribution in [0.15, 0.2) is 36.7 Å². The second-order valence-electron chi connectivity index (χ2n) is 7.45. The molecule has 0 amide bonds. The Bertz CT molecular complexity index is 748. The number of nitrogens with zero attached hydrogens (tertiary/aromatic N) is 2. The number of aryl methyl sites for hydroxylation is 2. The average molecular weight is 413 g/mol. The van der Waals surface area contributed by atoms with Crippen LogP contribution >= 0.6 is 22.7 Å². The van der Waals surface area contributed by atoms with Gasteiger partial charge in [-0.1, -0.05) is 52.4 Å². The first-order valence-electron chi connectivity index (χ1n) is 10.8. The van der Waals surface area contributed by atoms with Gasteiger partial charge in [0.05, 0.1) is 4.88 Å². The van der Waals surface area contributed by atoms with E-state index in [-0.39, 0.29) is 0 Å². The fraction of sp³-hybridized carbons (Fsp3) is 0.500. The zero-order valence-electron chi connectivity index (χ0n) is 17.2. The molecule has 0 unspecified atom stereocenters. The summed E-state index contributed by atoms with van der Waals surface area (Å²) in [6, 6.07) is 8.91. The van der Waals surface area contributed by atoms with E-state index >= 15 is 0 Å². The molecule has 0 saturated heterocycles. The van der Waals surface area contributed by atoms with Crippen molar-refractivity contribution in [3.05, 3.63) is 46.4 Å². The fourth-order valence-corrected chi connectivity index (χ4v) is 5.36. The van der Waals surface area contributed by atoms with Crippen LogP contribution in [0.5, 0.6) is 0 Å². The van der Waals surface area contributed by atoms with Gasteiger partial charge in [0.15, 0.2) is 5.82 Å². The quantitative estimate of drug-likeness (QED) is 0.280. The number of unbranched alkanes of at least 4 members (excludes halogenated alkanes) is 6. The van der Waals surface area contributed by atoms with Gasteiger partial charge in [-0.2, -0.15) is 0 Å². The van der Waals surface area contributed by atoms with Crippen molar-refractivity contribution < 1.29 is 0 Å². The van der Waals surface area contributed by atoms with Crippen molar-refractivity contribution in [3.8, 4) is 21.1 Å². The molecule has 28 heavy (non-hydrogen) atoms. The van der Waals surface area contributed by atoms with E-state index in [0.29, 0.717) is 0 Å². The molecule has 0 aliphatic carbocycles. The largest absolute Gasteiger partial charge is 0.235 e. The summed E-state index contributed by atoms with van der Waals surface area (Å²) in [6.45, 7) is 4.52. The normalized spacial score (nSPS) is 11.2. The highest BCUT2D eigenvalue weighted by molar-refractivity contribution is 7.15. The lowest BCUT2D eigenvalue weighted by molar-refractivity contribution is 0.670. The summed E-state index contributed by atoms with van der Waals surface area (Å²) in [5, 5.41) is 0. The summed E-state index contributed by atoms with van der Waals surface area (Å²) in [7, 11) is 0. The molecule has 0 aliphatic rings. The van der Waals surface area contributed by atoms with E-state index in [9.17, 15) is 0 Å². The van der Waals surface area contributed by atoms with E-state index in [4.69, 9.17) is 0 Å². The second-order valence-corrected chi connectivity index (χ2v) is 9.79. The Morgan fingerprint density at radius 3 is 1.75 bits per heavy atom. The molecular formula is C24H32N2S2. The van der Waals surface area contributed by atoms with Gasteiger partial charge in [0.1, 0.15) is 0 Å². The lowest BCUT2D eigenvalue weighted by Gasteiger charge is -2.00. The highest BCUT2D eigenvalue weighted by Crippen LogP contribution is 2.31. The smallest absolute Gasteiger partial charge is 0.169 e. The molecule has 0 radical (unpaired) electrons. The van der Waals surface area contributed by atoms with E-state index in [2.05, 4.69) is 48.1 Å². The van der Waals surface area contributed by atoms with E-state index < -0.39 is 0 Å². The van der Waals surface area contributed by atoms with Crippen molar-refractivity contribution in [2.75, 3.05) is 0 Å². The van der Waals surface area contributed by atoms with Gasteiger partial charge in [0, 0.05) is 32.6 Å². The van der Waals surface area contributed by atoms with Crippen LogP contribution in [0.2, 0.25) is 0 Å². The minimum atomic E-state index is 0.852. The fourth-order valence-electron chi connectivity index (χ4n) is 3.33. The molecule has 0 saturated carbocycles. The maximum Gasteiger partial charge on any atom is 0.169 e. The molecule has 0 N–H and O–H groups in total. The van der Waals surface area contributed by atoms with Gasteiger partial charge in [-0.15, -0.1) is 22.7 Å². The Morgan fingerprint density at radius 2 is 1.18 bits per heavy atom. The van der Waals surface area contributed by atoms with E-state index in [1.54, 1.807) is 0 Å². The van der Waals surface area contributed by atoms with Gasteiger partial charge in [-0.05, 0) is 49.9 Å². The molecule has 0 atom stereocenters. The maximum absolute atomic E-state index is 4.65. The molecule has 0 fully saturated rings. The third kappa shape index (κ3) is 6.25. The lowest BCUT2D eigenvalue weighted by atomic mass is 10.1. The Kier molecular flexibility index (Phi) is 8.69. The van der Waals surface area contributed by atoms with Crippen LogP contribution in [0.25, 0.3) is 21.1 Å². The summed E-state index contributed by atoms with van der Waals surface area (Å²) in [4.78, 5) is 14.7. The molecule has 2 nitrogen and oxygen atoms in total. The van der Waals surface area contributed by atoms with Crippen molar-refractivity contribution >= 4 is 22.7 Å². The summed E-state index contributed by atoms with van der Waals surface area (Å²) in [5.74, 6) is 0.852. The van der Waals surface area contributed by atoms with E-state index in [0.717, 1.165) is 11.4 Å². The standard InChI is InChI=1S/C24H32N2S2/c1-3-5-7-9-11-20-13-15-22(27-20)19-17-25-24(26-18-19)23-16-14-21(28-23)12-10-8-6-4-2/h13-18H,3-12H2,1-2H3. The highest BCUT2D eigenvalue weighted by atomic mass is 32.1. The number of hydrogen-bond donors (Lipinski definition) is 0. The Morgan fingerprint density at radius 1 is 0.643 bits per heavy atom. The number of rotatable bonds is 12. The predicted octanol–water partition coefficient (Wildman–Crippen LogP) is 8.18. The number of hydrogen-bond acceptors (Lipinski definition) is 4. The molecule has 0 spiro atoms. The molecule has 150 valence electrons. The third-order valence-corrected chi connectivity index (χ3v) is 7.37. The molecule has 0 bridgehead atoms. The lowest BCUT2D eigenvalue weighted by Crippen LogP contribution is -1.86. The van der Waals surface area contributed by atoms with Gasteiger partial charge in [0.2, 0.25) is 0 Å². The predicted molar refractivity (Wildman–Crippen MR) is 124 cm³/mol. The van der Waals surface area contributed by atoms with Crippen LogP contribution in [-0.4, -0.2) is 9.97 Å². The van der Waals surface area contributed by atoms with Gasteiger partial charge >= 0.3 is 0 Å². The molecule has 3 aromatic rings. The molecule has 4 heteroatoms. The zero-order chi connectivity index (χ0) is 19.6. The maximum atomic E-state index is 4.65. The van der Waals surface area contributed by atoms with Crippen LogP contribution < -0.4 is 0 Å². The Balaban J connectivity index is 1.56. The van der Waals surface area contributed by atoms with Crippen LogP contribution in [0.3, 0.4) is 0 Å². The van der Waals surface area contributed by atoms with Gasteiger partial charge in [0.25, 0.3) is 0 Å². The molecule has 0 aromatic carbocycles. The summed E-state index contributed by atoms with van der Waals surface area (Å²) < 4.78 is 0. The zero-order valence-corrected chi connectivity index (χ0v) is 18.9. The minimum Gasteiger partial charge on any atom is -0.235 e. The van der Waals surface area contributed by atoms with Crippen LogP contribution in [-0.2, 0) is 12.8 Å². The van der Waals surface area contributed by atoms with E-state index in [1.165, 1.54) is 83.7 Å². The SMILES string of the molecule is CCCCCCc1ccc(-c2cnc(-c3ccc(CCCCCC)s3)nc2)s1. The Hall–Kier alpha value is -1.52. The van der Waals surface area contributed by atoms with Gasteiger partial charge in [-0.25, -0.2) is 9.97 Å². The van der Waals surface area contributed by atoms with Crippen molar-refractivity contribution in [2.24, 2.45) is 0 Å². The molecular weight excluding hydrogens is 380 g/mol. The van der Waals surface area contributed by atoms with E-state index in [1.807, 2.05) is 35.1 Å². The first kappa shape index (κ1) is 21.2. The van der Waals surface area contributed by atoms with Crippen molar-refractivity contribution in [3.63, 3.8) is 0 Å². The van der Waals surface area contributed by atoms with Crippen LogP contribution in [0.1, 0.15) is 75.0 Å². The summed E-state index contributed by atoms with van der Waals surface area (Å²) >= 11 is 3.73. The molecule has 3 rings (SSSR count). The second kappa shape index (κ2) is 11.5. The van der Waals surface area contributed by atoms with Crippen LogP contribution in [0, 0.1) is 0 Å².